The normalized spacial score (nSPS) is 23.9. The van der Waals surface area contributed by atoms with Crippen LogP contribution in [0.15, 0.2) is 22.9 Å². The molecule has 1 unspecified atom stereocenters. The van der Waals surface area contributed by atoms with Crippen molar-refractivity contribution in [1.29, 1.82) is 0 Å². The molecule has 92 valence electrons. The van der Waals surface area contributed by atoms with Gasteiger partial charge in [0.25, 0.3) is 5.91 Å². The molecule has 1 aromatic heterocycles. The highest BCUT2D eigenvalue weighted by molar-refractivity contribution is 8.03. The Morgan fingerprint density at radius 2 is 2.39 bits per heavy atom. The molecule has 1 saturated heterocycles. The Morgan fingerprint density at radius 1 is 1.61 bits per heavy atom. The third kappa shape index (κ3) is 1.46. The maximum atomic E-state index is 11.9. The number of carboxylic acid groups (broad SMARTS) is 1. The molecule has 1 atom stereocenters. The van der Waals surface area contributed by atoms with Gasteiger partial charge in [-0.05, 0) is 6.08 Å². The van der Waals surface area contributed by atoms with Crippen molar-refractivity contribution in [3.05, 3.63) is 28.6 Å². The number of hydrogen-bond donors (Lipinski definition) is 1. The number of carboxylic acids is 1. The second kappa shape index (κ2) is 3.70. The van der Waals surface area contributed by atoms with Gasteiger partial charge >= 0.3 is 5.97 Å². The van der Waals surface area contributed by atoms with E-state index in [0.29, 0.717) is 11.3 Å². The first-order valence-corrected chi connectivity index (χ1v) is 6.02. The zero-order valence-corrected chi connectivity index (χ0v) is 10.1. The third-order valence-corrected chi connectivity index (χ3v) is 3.76. The molecular formula is C10H8N4O3S. The number of amides is 1. The highest BCUT2D eigenvalue weighted by Crippen LogP contribution is 2.44. The third-order valence-electron chi connectivity index (χ3n) is 2.68. The van der Waals surface area contributed by atoms with Crippen LogP contribution in [0.5, 0.6) is 0 Å². The smallest absolute Gasteiger partial charge is 0.353 e. The van der Waals surface area contributed by atoms with Crippen LogP contribution in [0.2, 0.25) is 0 Å². The average Bonchev–Trinajstić information content (AvgIpc) is 2.89. The molecule has 18 heavy (non-hydrogen) atoms. The van der Waals surface area contributed by atoms with Crippen molar-refractivity contribution in [3.63, 3.8) is 0 Å². The van der Waals surface area contributed by atoms with E-state index >= 15 is 0 Å². The largest absolute Gasteiger partial charge is 0.477 e. The van der Waals surface area contributed by atoms with E-state index in [0.717, 1.165) is 0 Å². The van der Waals surface area contributed by atoms with Crippen molar-refractivity contribution in [2.45, 2.75) is 5.37 Å². The van der Waals surface area contributed by atoms with Gasteiger partial charge in [0.2, 0.25) is 0 Å². The molecule has 7 nitrogen and oxygen atoms in total. The number of aromatic nitrogens is 3. The predicted molar refractivity (Wildman–Crippen MR) is 62.9 cm³/mol. The SMILES string of the molecule is Cn1cc(/C=C2\C(=O)N3C(C(=O)O)=CSC23)nn1. The fraction of sp³-hybridized carbons (Fsp3) is 0.200. The van der Waals surface area contributed by atoms with Crippen molar-refractivity contribution >= 4 is 29.7 Å². The van der Waals surface area contributed by atoms with Crippen molar-refractivity contribution in [1.82, 2.24) is 19.9 Å². The number of rotatable bonds is 2. The summed E-state index contributed by atoms with van der Waals surface area (Å²) >= 11 is 1.31. The molecule has 1 N–H and O–H groups in total. The molecule has 3 heterocycles. The van der Waals surface area contributed by atoms with E-state index < -0.39 is 5.97 Å². The number of carbonyl (C=O) groups excluding carboxylic acids is 1. The molecule has 2 aliphatic rings. The van der Waals surface area contributed by atoms with Crippen LogP contribution >= 0.6 is 11.8 Å². The summed E-state index contributed by atoms with van der Waals surface area (Å²) < 4.78 is 1.54. The van der Waals surface area contributed by atoms with Gasteiger partial charge < -0.3 is 5.11 Å². The Kier molecular flexibility index (Phi) is 2.27. The van der Waals surface area contributed by atoms with Gasteiger partial charge in [-0.15, -0.1) is 16.9 Å². The van der Waals surface area contributed by atoms with E-state index in [1.165, 1.54) is 26.8 Å². The standard InChI is InChI=1S/C10H8N4O3S/c1-13-3-5(11-12-13)2-6-8(15)14-7(10(16)17)4-18-9(6)14/h2-4,9H,1H3,(H,16,17)/b6-2+. The zero-order chi connectivity index (χ0) is 12.9. The molecule has 1 aromatic rings. The van der Waals surface area contributed by atoms with E-state index in [1.54, 1.807) is 19.3 Å². The molecule has 0 aromatic carbocycles. The minimum absolute atomic E-state index is 0.0336. The number of carbonyl (C=O) groups is 2. The van der Waals surface area contributed by atoms with E-state index in [2.05, 4.69) is 10.3 Å². The van der Waals surface area contributed by atoms with Crippen molar-refractivity contribution in [2.75, 3.05) is 0 Å². The minimum atomic E-state index is -1.09. The van der Waals surface area contributed by atoms with Crippen LogP contribution in [0.4, 0.5) is 0 Å². The fourth-order valence-corrected chi connectivity index (χ4v) is 2.98. The van der Waals surface area contributed by atoms with Gasteiger partial charge in [-0.1, -0.05) is 5.21 Å². The monoisotopic (exact) mass is 264 g/mol. The average molecular weight is 264 g/mol. The molecule has 1 amide bonds. The quantitative estimate of drug-likeness (QED) is 0.599. The summed E-state index contributed by atoms with van der Waals surface area (Å²) in [6.07, 6.45) is 3.33. The van der Waals surface area contributed by atoms with Gasteiger partial charge in [-0.3, -0.25) is 14.4 Å². The zero-order valence-electron chi connectivity index (χ0n) is 9.27. The number of thioether (sulfide) groups is 1. The van der Waals surface area contributed by atoms with Gasteiger partial charge in [0, 0.05) is 12.5 Å². The van der Waals surface area contributed by atoms with Crippen molar-refractivity contribution in [2.24, 2.45) is 7.05 Å². The molecule has 0 bridgehead atoms. The summed E-state index contributed by atoms with van der Waals surface area (Å²) in [6, 6.07) is 0. The Morgan fingerprint density at radius 3 is 3.00 bits per heavy atom. The number of fused-ring (bicyclic) bond motifs is 1. The number of β-lactam (4-membered cyclic amide) rings is 1. The lowest BCUT2D eigenvalue weighted by Gasteiger charge is -2.36. The maximum absolute atomic E-state index is 11.9. The molecule has 0 radical (unpaired) electrons. The van der Waals surface area contributed by atoms with Crippen LogP contribution in [-0.2, 0) is 16.6 Å². The lowest BCUT2D eigenvalue weighted by atomic mass is 10.0. The van der Waals surface area contributed by atoms with E-state index in [4.69, 9.17) is 5.11 Å². The van der Waals surface area contributed by atoms with Crippen LogP contribution in [0.1, 0.15) is 5.69 Å². The second-order valence-corrected chi connectivity index (χ2v) is 4.84. The molecule has 8 heteroatoms. The highest BCUT2D eigenvalue weighted by atomic mass is 32.2. The van der Waals surface area contributed by atoms with Crippen LogP contribution in [-0.4, -0.2) is 42.3 Å². The lowest BCUT2D eigenvalue weighted by Crippen LogP contribution is -2.51. The molecular weight excluding hydrogens is 256 g/mol. The Hall–Kier alpha value is -2.09. The summed E-state index contributed by atoms with van der Waals surface area (Å²) in [7, 11) is 1.73. The number of hydrogen-bond acceptors (Lipinski definition) is 5. The number of aryl methyl sites for hydroxylation is 1. The first-order valence-electron chi connectivity index (χ1n) is 5.08. The Bertz CT molecular complexity index is 618. The molecule has 0 aliphatic carbocycles. The molecule has 0 spiro atoms. The Labute approximate surface area is 106 Å². The molecule has 2 aliphatic heterocycles. The number of nitrogens with zero attached hydrogens (tertiary/aromatic N) is 4. The first-order chi connectivity index (χ1) is 8.58. The van der Waals surface area contributed by atoms with Gasteiger partial charge in [0.1, 0.15) is 16.8 Å². The molecule has 0 saturated carbocycles. The summed E-state index contributed by atoms with van der Waals surface area (Å²) in [5, 5.41) is 17.8. The molecule has 3 rings (SSSR count). The lowest BCUT2D eigenvalue weighted by molar-refractivity contribution is -0.141. The van der Waals surface area contributed by atoms with Crippen LogP contribution in [0, 0.1) is 0 Å². The van der Waals surface area contributed by atoms with Crippen molar-refractivity contribution in [3.8, 4) is 0 Å². The van der Waals surface area contributed by atoms with E-state index in [-0.39, 0.29) is 17.0 Å². The van der Waals surface area contributed by atoms with Gasteiger partial charge in [0.15, 0.2) is 0 Å². The first kappa shape index (κ1) is 11.0. The topological polar surface area (TPSA) is 88.3 Å². The van der Waals surface area contributed by atoms with Crippen LogP contribution in [0.3, 0.4) is 0 Å². The number of aliphatic carboxylic acids is 1. The van der Waals surface area contributed by atoms with E-state index in [9.17, 15) is 9.59 Å². The maximum Gasteiger partial charge on any atom is 0.353 e. The summed E-state index contributed by atoms with van der Waals surface area (Å²) in [5.41, 5.74) is 1.17. The molecule has 1 fully saturated rings. The van der Waals surface area contributed by atoms with Crippen LogP contribution in [0.25, 0.3) is 6.08 Å². The minimum Gasteiger partial charge on any atom is -0.477 e. The van der Waals surface area contributed by atoms with Gasteiger partial charge in [-0.2, -0.15) is 0 Å². The fourth-order valence-electron chi connectivity index (χ4n) is 1.86. The van der Waals surface area contributed by atoms with Crippen molar-refractivity contribution < 1.29 is 14.7 Å². The summed E-state index contributed by atoms with van der Waals surface area (Å²) in [6.45, 7) is 0. The highest BCUT2D eigenvalue weighted by Gasteiger charge is 2.49. The van der Waals surface area contributed by atoms with E-state index in [1.807, 2.05) is 0 Å². The predicted octanol–water partition coefficient (Wildman–Crippen LogP) is 0.0396. The second-order valence-electron chi connectivity index (χ2n) is 3.89. The van der Waals surface area contributed by atoms with Crippen LogP contribution < -0.4 is 0 Å². The summed E-state index contributed by atoms with van der Waals surface area (Å²) in [4.78, 5) is 24.0. The van der Waals surface area contributed by atoms with Gasteiger partial charge in [0.05, 0.1) is 11.8 Å². The van der Waals surface area contributed by atoms with Gasteiger partial charge in [-0.25, -0.2) is 4.79 Å². The Balaban J connectivity index is 1.86. The summed E-state index contributed by atoms with van der Waals surface area (Å²) in [5.74, 6) is -1.37.